The molecule has 5 heteroatoms. The predicted molar refractivity (Wildman–Crippen MR) is 121 cm³/mol. The second-order valence-corrected chi connectivity index (χ2v) is 7.58. The van der Waals surface area contributed by atoms with Gasteiger partial charge in [-0.15, -0.1) is 0 Å². The number of H-pyrrole nitrogens is 1. The van der Waals surface area contributed by atoms with Gasteiger partial charge in [0.15, 0.2) is 5.82 Å². The third kappa shape index (κ3) is 3.85. The zero-order chi connectivity index (χ0) is 21.2. The summed E-state index contributed by atoms with van der Waals surface area (Å²) < 4.78 is 1.63. The van der Waals surface area contributed by atoms with Crippen molar-refractivity contribution in [2.45, 2.75) is 12.8 Å². The third-order valence-electron chi connectivity index (χ3n) is 5.36. The van der Waals surface area contributed by atoms with E-state index in [0.29, 0.717) is 24.4 Å². The minimum atomic E-state index is -0.109. The number of hydrogen-bond acceptors (Lipinski definition) is 3. The zero-order valence-electron chi connectivity index (χ0n) is 16.8. The number of benzene rings is 3. The molecule has 152 valence electrons. The Morgan fingerprint density at radius 2 is 1.42 bits per heavy atom. The average Bonchev–Trinajstić information content (AvgIpc) is 3.11. The van der Waals surface area contributed by atoms with Crippen LogP contribution in [0.3, 0.4) is 0 Å². The smallest absolute Gasteiger partial charge is 0.278 e. The van der Waals surface area contributed by atoms with Crippen LogP contribution in [0.2, 0.25) is 0 Å². The maximum atomic E-state index is 13.2. The second-order valence-electron chi connectivity index (χ2n) is 7.58. The fourth-order valence-electron chi connectivity index (χ4n) is 3.79. The minimum Gasteiger partial charge on any atom is -0.508 e. The Balaban J connectivity index is 1.65. The van der Waals surface area contributed by atoms with Crippen LogP contribution < -0.4 is 5.56 Å². The first-order valence-corrected chi connectivity index (χ1v) is 10.2. The Labute approximate surface area is 179 Å². The highest BCUT2D eigenvalue weighted by molar-refractivity contribution is 5.61. The van der Waals surface area contributed by atoms with Gasteiger partial charge in [0.2, 0.25) is 0 Å². The van der Waals surface area contributed by atoms with Crippen LogP contribution in [0.1, 0.15) is 22.5 Å². The predicted octanol–water partition coefficient (Wildman–Crippen LogP) is 4.55. The lowest BCUT2D eigenvalue weighted by molar-refractivity contribution is 0.475. The first-order valence-electron chi connectivity index (χ1n) is 10.2. The molecule has 0 amide bonds. The Morgan fingerprint density at radius 3 is 2.06 bits per heavy atom. The van der Waals surface area contributed by atoms with Crippen molar-refractivity contribution in [1.82, 2.24) is 14.5 Å². The fourth-order valence-corrected chi connectivity index (χ4v) is 3.79. The van der Waals surface area contributed by atoms with Crippen LogP contribution in [-0.2, 0) is 12.8 Å². The van der Waals surface area contributed by atoms with Crippen molar-refractivity contribution in [2.24, 2.45) is 0 Å². The summed E-state index contributed by atoms with van der Waals surface area (Å²) in [5.74, 6) is 0.842. The van der Waals surface area contributed by atoms with E-state index in [1.165, 1.54) is 0 Å². The van der Waals surface area contributed by atoms with Crippen LogP contribution in [0.15, 0.2) is 95.9 Å². The zero-order valence-corrected chi connectivity index (χ0v) is 16.8. The van der Waals surface area contributed by atoms with Crippen molar-refractivity contribution in [3.63, 3.8) is 0 Å². The molecule has 31 heavy (non-hydrogen) atoms. The molecular weight excluding hydrogens is 386 g/mol. The van der Waals surface area contributed by atoms with E-state index in [-0.39, 0.29) is 11.3 Å². The number of hydrogen-bond donors (Lipinski definition) is 2. The van der Waals surface area contributed by atoms with E-state index in [2.05, 4.69) is 17.1 Å². The summed E-state index contributed by atoms with van der Waals surface area (Å²) in [6.45, 7) is 0. The first kappa shape index (κ1) is 18.9. The number of rotatable bonds is 5. The average molecular weight is 407 g/mol. The van der Waals surface area contributed by atoms with E-state index in [9.17, 15) is 9.90 Å². The van der Waals surface area contributed by atoms with Crippen molar-refractivity contribution in [2.75, 3.05) is 0 Å². The van der Waals surface area contributed by atoms with E-state index in [1.54, 1.807) is 22.9 Å². The van der Waals surface area contributed by atoms with Gasteiger partial charge in [0.25, 0.3) is 5.56 Å². The Kier molecular flexibility index (Phi) is 4.84. The van der Waals surface area contributed by atoms with Gasteiger partial charge in [0.1, 0.15) is 11.4 Å². The molecular formula is C26H21N3O2. The quantitative estimate of drug-likeness (QED) is 0.449. The molecule has 0 atom stereocenters. The monoisotopic (exact) mass is 407 g/mol. The minimum absolute atomic E-state index is 0.109. The molecule has 2 N–H and O–H groups in total. The highest BCUT2D eigenvalue weighted by Crippen LogP contribution is 2.25. The molecule has 0 unspecified atom stereocenters. The van der Waals surface area contributed by atoms with Gasteiger partial charge >= 0.3 is 0 Å². The molecule has 5 nitrogen and oxygen atoms in total. The molecule has 0 radical (unpaired) electrons. The number of phenolic OH excluding ortho intramolecular Hbond substituents is 1. The molecule has 2 aliphatic rings. The van der Waals surface area contributed by atoms with E-state index in [4.69, 9.17) is 4.98 Å². The second kappa shape index (κ2) is 7.95. The lowest BCUT2D eigenvalue weighted by atomic mass is 10.1. The maximum Gasteiger partial charge on any atom is 0.278 e. The number of aromatic nitrogens is 3. The van der Waals surface area contributed by atoms with Crippen molar-refractivity contribution in [3.8, 4) is 22.8 Å². The van der Waals surface area contributed by atoms with Gasteiger partial charge in [0, 0.05) is 19.0 Å². The molecule has 0 aliphatic carbocycles. The lowest BCUT2D eigenvalue weighted by Crippen LogP contribution is -2.17. The van der Waals surface area contributed by atoms with Crippen LogP contribution >= 0.6 is 0 Å². The first-order chi connectivity index (χ1) is 15.2. The van der Waals surface area contributed by atoms with E-state index < -0.39 is 0 Å². The molecule has 0 aromatic heterocycles. The Hall–Kier alpha value is -4.12. The van der Waals surface area contributed by atoms with Crippen LogP contribution in [0.25, 0.3) is 17.1 Å². The van der Waals surface area contributed by atoms with E-state index >= 15 is 0 Å². The van der Waals surface area contributed by atoms with Gasteiger partial charge in [0.05, 0.1) is 11.4 Å². The molecule has 2 heterocycles. The lowest BCUT2D eigenvalue weighted by Gasteiger charge is -2.13. The Morgan fingerprint density at radius 1 is 0.806 bits per heavy atom. The fraction of sp³-hybridized carbons (Fsp3) is 0.0769. The number of nitrogens with zero attached hydrogens (tertiary/aromatic N) is 2. The molecule has 0 saturated carbocycles. The molecule has 0 saturated heterocycles. The van der Waals surface area contributed by atoms with Gasteiger partial charge in [-0.1, -0.05) is 60.7 Å². The molecule has 0 spiro atoms. The van der Waals surface area contributed by atoms with Gasteiger partial charge in [-0.05, 0) is 41.0 Å². The molecule has 2 aliphatic heterocycles. The van der Waals surface area contributed by atoms with Crippen LogP contribution in [-0.4, -0.2) is 19.6 Å². The molecule has 5 rings (SSSR count). The Bertz CT molecular complexity index is 1340. The van der Waals surface area contributed by atoms with Crippen molar-refractivity contribution >= 4 is 0 Å². The van der Waals surface area contributed by atoms with Gasteiger partial charge in [-0.2, -0.15) is 0 Å². The molecule has 0 bridgehead atoms. The number of imidazole rings is 1. The summed E-state index contributed by atoms with van der Waals surface area (Å²) in [6, 6.07) is 26.9. The maximum absolute atomic E-state index is 13.2. The molecule has 0 fully saturated rings. The number of aromatic hydroxyl groups is 1. The molecule has 3 aromatic rings. The normalized spacial score (nSPS) is 11.1. The van der Waals surface area contributed by atoms with Crippen LogP contribution in [0.4, 0.5) is 0 Å². The summed E-state index contributed by atoms with van der Waals surface area (Å²) in [5, 5.41) is 9.64. The van der Waals surface area contributed by atoms with Crippen LogP contribution in [0.5, 0.6) is 5.75 Å². The summed E-state index contributed by atoms with van der Waals surface area (Å²) >= 11 is 0. The van der Waals surface area contributed by atoms with Crippen LogP contribution in [0, 0.1) is 0 Å². The molecule has 3 aromatic carbocycles. The van der Waals surface area contributed by atoms with E-state index in [0.717, 1.165) is 28.1 Å². The van der Waals surface area contributed by atoms with E-state index in [1.807, 2.05) is 60.7 Å². The third-order valence-corrected chi connectivity index (χ3v) is 5.36. The summed E-state index contributed by atoms with van der Waals surface area (Å²) in [6.07, 6.45) is 2.90. The van der Waals surface area contributed by atoms with Gasteiger partial charge < -0.3 is 10.1 Å². The summed E-state index contributed by atoms with van der Waals surface area (Å²) in [4.78, 5) is 21.4. The number of aromatic amines is 1. The summed E-state index contributed by atoms with van der Waals surface area (Å²) in [7, 11) is 0. The highest BCUT2D eigenvalue weighted by Gasteiger charge is 2.20. The van der Waals surface area contributed by atoms with Crippen molar-refractivity contribution in [3.05, 3.63) is 124 Å². The number of nitrogens with one attached hydrogen (secondary N) is 1. The number of fused-ring (bicyclic) bond motifs is 1. The standard InChI is InChI=1S/C26H21N3O2/c30-21-13-11-20(12-14-21)24-17-29-25(22(27-24)15-18-7-3-1-4-8-18)28-23(26(29)31)16-19-9-5-2-6-10-19/h1-14,17,27,30H,15-16H2. The van der Waals surface area contributed by atoms with Crippen molar-refractivity contribution < 1.29 is 5.11 Å². The topological polar surface area (TPSA) is 70.9 Å². The number of phenols is 1. The largest absolute Gasteiger partial charge is 0.508 e. The SMILES string of the molecule is O=c1c(Cc2ccccc2)nc2c(Cc3ccccc3)[nH]c(-c3ccc(O)cc3)cn1-2. The summed E-state index contributed by atoms with van der Waals surface area (Å²) in [5.41, 5.74) is 5.14. The van der Waals surface area contributed by atoms with Gasteiger partial charge in [-0.25, -0.2) is 4.98 Å². The van der Waals surface area contributed by atoms with Crippen molar-refractivity contribution in [1.29, 1.82) is 0 Å². The highest BCUT2D eigenvalue weighted by atomic mass is 16.3. The van der Waals surface area contributed by atoms with Gasteiger partial charge in [-0.3, -0.25) is 9.36 Å².